The topological polar surface area (TPSA) is 54.0 Å². The van der Waals surface area contributed by atoms with Gasteiger partial charge in [0.2, 0.25) is 0 Å². The zero-order valence-corrected chi connectivity index (χ0v) is 14.0. The van der Waals surface area contributed by atoms with E-state index in [1.165, 1.54) is 6.07 Å². The van der Waals surface area contributed by atoms with E-state index < -0.39 is 0 Å². The summed E-state index contributed by atoms with van der Waals surface area (Å²) in [7, 11) is 0. The number of urea groups is 1. The number of aryl methyl sites for hydroxylation is 1. The summed E-state index contributed by atoms with van der Waals surface area (Å²) < 4.78 is 13.3. The van der Waals surface area contributed by atoms with Crippen molar-refractivity contribution in [3.05, 3.63) is 65.2 Å². The molecule has 0 unspecified atom stereocenters. The molecule has 1 aliphatic rings. The molecule has 1 aromatic carbocycles. The number of benzene rings is 1. The Balaban J connectivity index is 1.58. The van der Waals surface area contributed by atoms with Crippen LogP contribution in [0.2, 0.25) is 0 Å². The van der Waals surface area contributed by atoms with Crippen molar-refractivity contribution in [1.82, 2.24) is 15.6 Å². The Labute approximate surface area is 141 Å². The zero-order valence-electron chi connectivity index (χ0n) is 14.0. The van der Waals surface area contributed by atoms with Crippen LogP contribution in [0.25, 0.3) is 0 Å². The third kappa shape index (κ3) is 3.55. The number of carbonyl (C=O) groups is 1. The second kappa shape index (κ2) is 6.59. The highest BCUT2D eigenvalue weighted by Crippen LogP contribution is 2.31. The molecule has 24 heavy (non-hydrogen) atoms. The number of nitrogens with one attached hydrogen (secondary N) is 2. The van der Waals surface area contributed by atoms with E-state index in [1.54, 1.807) is 18.3 Å². The summed E-state index contributed by atoms with van der Waals surface area (Å²) in [5.74, 6) is -0.225. The average molecular weight is 327 g/mol. The Morgan fingerprint density at radius 2 is 2.21 bits per heavy atom. The Morgan fingerprint density at radius 3 is 2.96 bits per heavy atom. The number of hydrogen-bond donors (Lipinski definition) is 2. The van der Waals surface area contributed by atoms with E-state index in [0.717, 1.165) is 29.5 Å². The molecule has 5 heteroatoms. The molecule has 1 heterocycles. The number of pyridine rings is 1. The first-order valence-electron chi connectivity index (χ1n) is 8.19. The number of fused-ring (bicyclic) bond motifs is 1. The van der Waals surface area contributed by atoms with Crippen molar-refractivity contribution in [3.8, 4) is 0 Å². The lowest BCUT2D eigenvalue weighted by molar-refractivity contribution is 0.234. The Morgan fingerprint density at radius 1 is 1.38 bits per heavy atom. The van der Waals surface area contributed by atoms with Gasteiger partial charge in [-0.2, -0.15) is 0 Å². The van der Waals surface area contributed by atoms with Crippen molar-refractivity contribution >= 4 is 6.03 Å². The third-order valence-corrected chi connectivity index (χ3v) is 4.62. The quantitative estimate of drug-likeness (QED) is 0.903. The second-order valence-electron chi connectivity index (χ2n) is 6.89. The molecule has 2 aromatic rings. The maximum absolute atomic E-state index is 13.3. The Bertz CT molecular complexity index is 731. The van der Waals surface area contributed by atoms with Crippen LogP contribution in [-0.4, -0.2) is 17.6 Å². The van der Waals surface area contributed by atoms with Crippen molar-refractivity contribution in [3.63, 3.8) is 0 Å². The largest absolute Gasteiger partial charge is 0.337 e. The fourth-order valence-corrected chi connectivity index (χ4v) is 3.11. The number of aromatic nitrogens is 1. The fraction of sp³-hybridized carbons (Fsp3) is 0.368. The highest BCUT2D eigenvalue weighted by Gasteiger charge is 2.26. The molecule has 1 aliphatic carbocycles. The van der Waals surface area contributed by atoms with Gasteiger partial charge in [-0.15, -0.1) is 0 Å². The van der Waals surface area contributed by atoms with Gasteiger partial charge in [0.05, 0.1) is 6.04 Å². The molecule has 0 spiro atoms. The summed E-state index contributed by atoms with van der Waals surface area (Å²) in [5, 5.41) is 5.93. The smallest absolute Gasteiger partial charge is 0.315 e. The number of hydrogen-bond acceptors (Lipinski definition) is 2. The van der Waals surface area contributed by atoms with Gasteiger partial charge < -0.3 is 10.6 Å². The zero-order chi connectivity index (χ0) is 17.2. The predicted octanol–water partition coefficient (Wildman–Crippen LogP) is 3.49. The first-order valence-corrected chi connectivity index (χ1v) is 8.19. The molecule has 0 saturated carbocycles. The third-order valence-electron chi connectivity index (χ3n) is 4.62. The summed E-state index contributed by atoms with van der Waals surface area (Å²) in [6.45, 7) is 4.64. The van der Waals surface area contributed by atoms with E-state index in [1.807, 2.05) is 18.3 Å². The highest BCUT2D eigenvalue weighted by molar-refractivity contribution is 5.74. The summed E-state index contributed by atoms with van der Waals surface area (Å²) in [6.07, 6.45) is 5.15. The van der Waals surface area contributed by atoms with Gasteiger partial charge in [0.1, 0.15) is 5.82 Å². The lowest BCUT2D eigenvalue weighted by Crippen LogP contribution is -2.43. The number of rotatable bonds is 4. The first kappa shape index (κ1) is 16.4. The number of amides is 2. The van der Waals surface area contributed by atoms with Crippen molar-refractivity contribution in [1.29, 1.82) is 0 Å². The minimum Gasteiger partial charge on any atom is -0.337 e. The summed E-state index contributed by atoms with van der Waals surface area (Å²) in [5.41, 5.74) is 2.86. The Hall–Kier alpha value is -2.43. The molecule has 0 aliphatic heterocycles. The molecular weight excluding hydrogens is 305 g/mol. The van der Waals surface area contributed by atoms with E-state index in [2.05, 4.69) is 29.5 Å². The van der Waals surface area contributed by atoms with Gasteiger partial charge in [-0.05, 0) is 47.7 Å². The van der Waals surface area contributed by atoms with Crippen LogP contribution in [0.1, 0.15) is 43.0 Å². The van der Waals surface area contributed by atoms with Gasteiger partial charge in [0, 0.05) is 24.4 Å². The van der Waals surface area contributed by atoms with Crippen LogP contribution >= 0.6 is 0 Å². The van der Waals surface area contributed by atoms with Gasteiger partial charge in [-0.25, -0.2) is 9.18 Å². The molecular formula is C19H22FN3O. The van der Waals surface area contributed by atoms with Gasteiger partial charge in [-0.1, -0.05) is 26.0 Å². The maximum Gasteiger partial charge on any atom is 0.315 e. The fourth-order valence-electron chi connectivity index (χ4n) is 3.11. The van der Waals surface area contributed by atoms with Crippen LogP contribution in [-0.2, 0) is 11.8 Å². The predicted molar refractivity (Wildman–Crippen MR) is 91.3 cm³/mol. The summed E-state index contributed by atoms with van der Waals surface area (Å²) >= 11 is 0. The minimum atomic E-state index is -0.225. The first-order chi connectivity index (χ1) is 11.5. The van der Waals surface area contributed by atoms with Crippen LogP contribution in [0.4, 0.5) is 9.18 Å². The molecule has 2 amide bonds. The molecule has 2 N–H and O–H groups in total. The van der Waals surface area contributed by atoms with Crippen molar-refractivity contribution in [2.75, 3.05) is 6.54 Å². The maximum atomic E-state index is 13.3. The van der Waals surface area contributed by atoms with Crippen molar-refractivity contribution in [2.24, 2.45) is 0 Å². The second-order valence-corrected chi connectivity index (χ2v) is 6.89. The molecule has 4 nitrogen and oxygen atoms in total. The molecule has 0 radical (unpaired) electrons. The van der Waals surface area contributed by atoms with Gasteiger partial charge >= 0.3 is 6.03 Å². The average Bonchev–Trinajstić information content (AvgIpc) is 2.96. The number of nitrogens with zero attached hydrogens (tertiary/aromatic N) is 1. The van der Waals surface area contributed by atoms with Crippen LogP contribution in [0.5, 0.6) is 0 Å². The van der Waals surface area contributed by atoms with Crippen LogP contribution in [0.15, 0.2) is 42.7 Å². The van der Waals surface area contributed by atoms with E-state index in [0.29, 0.717) is 6.54 Å². The van der Waals surface area contributed by atoms with Crippen molar-refractivity contribution in [2.45, 2.75) is 38.1 Å². The summed E-state index contributed by atoms with van der Waals surface area (Å²) in [4.78, 5) is 16.4. The van der Waals surface area contributed by atoms with E-state index in [-0.39, 0.29) is 23.3 Å². The lowest BCUT2D eigenvalue weighted by Gasteiger charge is -2.26. The molecule has 3 rings (SSSR count). The molecule has 0 saturated heterocycles. The normalized spacial score (nSPS) is 16.5. The highest BCUT2D eigenvalue weighted by atomic mass is 19.1. The molecule has 126 valence electrons. The minimum absolute atomic E-state index is 0.0536. The monoisotopic (exact) mass is 327 g/mol. The number of halogens is 1. The summed E-state index contributed by atoms with van der Waals surface area (Å²) in [6, 6.07) is 8.42. The van der Waals surface area contributed by atoms with E-state index in [4.69, 9.17) is 0 Å². The molecule has 1 aromatic heterocycles. The van der Waals surface area contributed by atoms with E-state index in [9.17, 15) is 9.18 Å². The SMILES string of the molecule is CC(C)(CNC(=O)N[C@@H]1CCc2cc(F)ccc21)c1cccnc1. The standard InChI is InChI=1S/C19H22FN3O/c1-19(2,14-4-3-9-21-11-14)12-22-18(24)23-17-8-5-13-10-15(20)6-7-16(13)17/h3-4,6-7,9-11,17H,5,8,12H2,1-2H3,(H2,22,23,24)/t17-/m1/s1. The molecule has 1 atom stereocenters. The van der Waals surface area contributed by atoms with Gasteiger partial charge in [0.25, 0.3) is 0 Å². The van der Waals surface area contributed by atoms with Crippen LogP contribution in [0.3, 0.4) is 0 Å². The number of carbonyl (C=O) groups excluding carboxylic acids is 1. The van der Waals surface area contributed by atoms with Gasteiger partial charge in [-0.3, -0.25) is 4.98 Å². The van der Waals surface area contributed by atoms with Gasteiger partial charge in [0.15, 0.2) is 0 Å². The Kier molecular flexibility index (Phi) is 4.51. The van der Waals surface area contributed by atoms with Crippen molar-refractivity contribution < 1.29 is 9.18 Å². The van der Waals surface area contributed by atoms with Crippen LogP contribution < -0.4 is 10.6 Å². The van der Waals surface area contributed by atoms with E-state index >= 15 is 0 Å². The lowest BCUT2D eigenvalue weighted by atomic mass is 9.86. The molecule has 0 bridgehead atoms. The molecule has 0 fully saturated rings. The van der Waals surface area contributed by atoms with Crippen LogP contribution in [0, 0.1) is 5.82 Å².